The van der Waals surface area contributed by atoms with E-state index in [1.165, 1.54) is 33.8 Å². The maximum Gasteiger partial charge on any atom is 0.341 e. The van der Waals surface area contributed by atoms with Crippen LogP contribution in [0.5, 0.6) is 0 Å². The highest BCUT2D eigenvalue weighted by Crippen LogP contribution is 2.44. The molecule has 2 aliphatic rings. The summed E-state index contributed by atoms with van der Waals surface area (Å²) in [6.45, 7) is 4.33. The number of pyridine rings is 1. The van der Waals surface area contributed by atoms with Crippen LogP contribution in [0.4, 0.5) is 10.7 Å². The fourth-order valence-electron chi connectivity index (χ4n) is 5.80. The van der Waals surface area contributed by atoms with Gasteiger partial charge in [-0.25, -0.2) is 9.78 Å². The molecule has 0 saturated carbocycles. The van der Waals surface area contributed by atoms with Gasteiger partial charge in [-0.2, -0.15) is 0 Å². The van der Waals surface area contributed by atoms with Crippen LogP contribution in [0.25, 0.3) is 10.2 Å². The first-order chi connectivity index (χ1) is 18.4. The van der Waals surface area contributed by atoms with Crippen molar-refractivity contribution in [2.24, 2.45) is 5.92 Å². The number of aryl methyl sites for hydroxylation is 1. The molecule has 8 heteroatoms. The third-order valence-electron chi connectivity index (χ3n) is 7.78. The Morgan fingerprint density at radius 3 is 2.74 bits per heavy atom. The summed E-state index contributed by atoms with van der Waals surface area (Å²) in [6.07, 6.45) is 5.64. The Morgan fingerprint density at radius 1 is 1.13 bits per heavy atom. The first-order valence-electron chi connectivity index (χ1n) is 13.3. The monoisotopic (exact) mass is 545 g/mol. The van der Waals surface area contributed by atoms with E-state index in [1.807, 2.05) is 6.07 Å². The SMILES string of the molecule is CCOC(=O)c1c(NC(=O)c2sc3nc4c(cc3c2N)CC(C)CC4)sc2c1CCC(c1ccccc1)C2. The molecule has 0 aliphatic heterocycles. The summed E-state index contributed by atoms with van der Waals surface area (Å²) < 4.78 is 5.41. The molecular weight excluding hydrogens is 514 g/mol. The van der Waals surface area contributed by atoms with Gasteiger partial charge in [-0.1, -0.05) is 37.3 Å². The van der Waals surface area contributed by atoms with Crippen molar-refractivity contribution < 1.29 is 14.3 Å². The van der Waals surface area contributed by atoms with Gasteiger partial charge in [-0.05, 0) is 80.0 Å². The zero-order chi connectivity index (χ0) is 26.4. The number of nitrogens with two attached hydrogens (primary N) is 1. The molecule has 0 fully saturated rings. The molecule has 1 amide bonds. The lowest BCUT2D eigenvalue weighted by atomic mass is 9.83. The van der Waals surface area contributed by atoms with E-state index in [0.29, 0.717) is 33.0 Å². The van der Waals surface area contributed by atoms with Gasteiger partial charge in [0.1, 0.15) is 14.7 Å². The van der Waals surface area contributed by atoms with Crippen LogP contribution in [0.1, 0.15) is 79.9 Å². The Balaban J connectivity index is 1.33. The molecule has 4 aromatic rings. The average Bonchev–Trinajstić information content (AvgIpc) is 3.44. The predicted octanol–water partition coefficient (Wildman–Crippen LogP) is 6.77. The number of aromatic nitrogens is 1. The summed E-state index contributed by atoms with van der Waals surface area (Å²) >= 11 is 2.81. The van der Waals surface area contributed by atoms with Gasteiger partial charge in [0.05, 0.1) is 17.9 Å². The van der Waals surface area contributed by atoms with Crippen LogP contribution < -0.4 is 11.1 Å². The number of carbonyl (C=O) groups is 2. The van der Waals surface area contributed by atoms with E-state index in [-0.39, 0.29) is 18.5 Å². The topological polar surface area (TPSA) is 94.3 Å². The van der Waals surface area contributed by atoms with Gasteiger partial charge in [0.25, 0.3) is 5.91 Å². The number of fused-ring (bicyclic) bond motifs is 3. The molecule has 38 heavy (non-hydrogen) atoms. The van der Waals surface area contributed by atoms with Crippen molar-refractivity contribution in [1.82, 2.24) is 4.98 Å². The van der Waals surface area contributed by atoms with Crippen molar-refractivity contribution in [3.05, 3.63) is 74.1 Å². The molecule has 0 saturated heterocycles. The van der Waals surface area contributed by atoms with E-state index in [9.17, 15) is 9.59 Å². The van der Waals surface area contributed by atoms with Crippen molar-refractivity contribution in [2.75, 3.05) is 17.7 Å². The fourth-order valence-corrected chi connectivity index (χ4v) is 8.11. The largest absolute Gasteiger partial charge is 0.462 e. The van der Waals surface area contributed by atoms with Gasteiger partial charge < -0.3 is 15.8 Å². The van der Waals surface area contributed by atoms with Crippen molar-refractivity contribution in [3.63, 3.8) is 0 Å². The Kier molecular flexibility index (Phi) is 6.70. The quantitative estimate of drug-likeness (QED) is 0.270. The number of hydrogen-bond acceptors (Lipinski definition) is 7. The Labute approximate surface area is 230 Å². The van der Waals surface area contributed by atoms with Crippen LogP contribution in [-0.4, -0.2) is 23.5 Å². The number of ether oxygens (including phenoxy) is 1. The normalized spacial score (nSPS) is 18.6. The van der Waals surface area contributed by atoms with Crippen molar-refractivity contribution in [2.45, 2.75) is 58.3 Å². The van der Waals surface area contributed by atoms with E-state index >= 15 is 0 Å². The summed E-state index contributed by atoms with van der Waals surface area (Å²) in [7, 11) is 0. The molecule has 0 radical (unpaired) electrons. The summed E-state index contributed by atoms with van der Waals surface area (Å²) in [4.78, 5) is 33.8. The number of benzene rings is 1. The molecule has 2 atom stereocenters. The third kappa shape index (κ3) is 4.50. The lowest BCUT2D eigenvalue weighted by Crippen LogP contribution is -2.17. The number of carbonyl (C=O) groups excluding carboxylic acids is 2. The van der Waals surface area contributed by atoms with Crippen molar-refractivity contribution in [1.29, 1.82) is 0 Å². The second-order valence-electron chi connectivity index (χ2n) is 10.4. The lowest BCUT2D eigenvalue weighted by Gasteiger charge is -2.23. The zero-order valence-electron chi connectivity index (χ0n) is 21.6. The number of nitrogens with zero attached hydrogens (tertiary/aromatic N) is 1. The van der Waals surface area contributed by atoms with Crippen LogP contribution in [0.2, 0.25) is 0 Å². The Morgan fingerprint density at radius 2 is 1.95 bits per heavy atom. The van der Waals surface area contributed by atoms with E-state index in [1.54, 1.807) is 6.92 Å². The number of anilines is 2. The molecule has 3 N–H and O–H groups in total. The van der Waals surface area contributed by atoms with Gasteiger partial charge in [-0.3, -0.25) is 4.79 Å². The average molecular weight is 546 g/mol. The highest BCUT2D eigenvalue weighted by molar-refractivity contribution is 7.21. The maximum atomic E-state index is 13.6. The van der Waals surface area contributed by atoms with Crippen LogP contribution >= 0.6 is 22.7 Å². The number of esters is 1. The second kappa shape index (κ2) is 10.2. The van der Waals surface area contributed by atoms with Gasteiger partial charge in [0.15, 0.2) is 0 Å². The highest BCUT2D eigenvalue weighted by atomic mass is 32.1. The lowest BCUT2D eigenvalue weighted by molar-refractivity contribution is 0.0526. The third-order valence-corrected chi connectivity index (χ3v) is 10.1. The highest BCUT2D eigenvalue weighted by Gasteiger charge is 2.32. The molecule has 2 unspecified atom stereocenters. The number of hydrogen-bond donors (Lipinski definition) is 2. The van der Waals surface area contributed by atoms with Crippen LogP contribution in [0, 0.1) is 5.92 Å². The maximum absolute atomic E-state index is 13.6. The molecule has 2 aliphatic carbocycles. The van der Waals surface area contributed by atoms with Gasteiger partial charge >= 0.3 is 5.97 Å². The predicted molar refractivity (Wildman–Crippen MR) is 155 cm³/mol. The molecule has 1 aromatic carbocycles. The number of amides is 1. The van der Waals surface area contributed by atoms with Crippen LogP contribution in [0.15, 0.2) is 36.4 Å². The van der Waals surface area contributed by atoms with Gasteiger partial charge in [0, 0.05) is 16.0 Å². The minimum Gasteiger partial charge on any atom is -0.462 e. The first-order valence-corrected chi connectivity index (χ1v) is 14.9. The number of rotatable bonds is 5. The van der Waals surface area contributed by atoms with E-state index in [2.05, 4.69) is 42.6 Å². The smallest absolute Gasteiger partial charge is 0.341 e. The molecule has 3 heterocycles. The molecule has 6 nitrogen and oxygen atoms in total. The summed E-state index contributed by atoms with van der Waals surface area (Å²) in [5.74, 6) is 0.322. The van der Waals surface area contributed by atoms with Crippen molar-refractivity contribution in [3.8, 4) is 0 Å². The molecule has 0 bridgehead atoms. The molecular formula is C30H31N3O3S2. The van der Waals surface area contributed by atoms with E-state index in [0.717, 1.165) is 64.9 Å². The fraction of sp³-hybridized carbons (Fsp3) is 0.367. The number of nitrogens with one attached hydrogen (secondary N) is 1. The Bertz CT molecular complexity index is 1540. The minimum atomic E-state index is -0.383. The molecule has 196 valence electrons. The molecule has 6 rings (SSSR count). The summed E-state index contributed by atoms with van der Waals surface area (Å²) in [5, 5.41) is 4.43. The standard InChI is InChI=1S/C30H31N3O3S2/c1-3-36-30(35)24-20-11-10-18(17-7-5-4-6-8-17)15-23(20)37-29(24)33-27(34)26-25(31)21-14-19-13-16(2)9-12-22(19)32-28(21)38-26/h4-8,14,16,18H,3,9-13,15,31H2,1-2H3,(H,33,34). The summed E-state index contributed by atoms with van der Waals surface area (Å²) in [5.41, 5.74) is 12.1. The van der Waals surface area contributed by atoms with Crippen LogP contribution in [0.3, 0.4) is 0 Å². The number of nitrogen functional groups attached to an aromatic ring is 1. The first kappa shape index (κ1) is 25.1. The minimum absolute atomic E-state index is 0.279. The van der Waals surface area contributed by atoms with Crippen LogP contribution in [-0.2, 0) is 30.4 Å². The number of thiophene rings is 2. The summed E-state index contributed by atoms with van der Waals surface area (Å²) in [6, 6.07) is 12.6. The van der Waals surface area contributed by atoms with Crippen molar-refractivity contribution >= 4 is 55.5 Å². The molecule has 3 aromatic heterocycles. The Hall–Kier alpha value is -3.23. The zero-order valence-corrected chi connectivity index (χ0v) is 23.3. The second-order valence-corrected chi connectivity index (χ2v) is 12.5. The molecule has 0 spiro atoms. The van der Waals surface area contributed by atoms with E-state index < -0.39 is 0 Å². The van der Waals surface area contributed by atoms with Gasteiger partial charge in [0.2, 0.25) is 0 Å². The van der Waals surface area contributed by atoms with Gasteiger partial charge in [-0.15, -0.1) is 22.7 Å². The van der Waals surface area contributed by atoms with E-state index in [4.69, 9.17) is 15.5 Å².